The first-order chi connectivity index (χ1) is 9.60. The number of amides is 1. The molecule has 0 fully saturated rings. The zero-order valence-electron chi connectivity index (χ0n) is 12.2. The number of carbonyl (C=O) groups is 2. The molecule has 0 saturated carbocycles. The van der Waals surface area contributed by atoms with Crippen molar-refractivity contribution in [1.29, 1.82) is 0 Å². The fourth-order valence-electron chi connectivity index (χ4n) is 1.94. The first-order valence-corrected chi connectivity index (χ1v) is 7.35. The molecule has 0 spiro atoms. The standard InChI is InChI=1S/C15H19BrFNO3/c1-15(2,3)7-10(14(20)21)8-18-13(19)9-4-5-11(16)12(17)6-9/h4-6,10H,7-8H2,1-3H3,(H,18,19)(H,20,21). The second-order valence-corrected chi connectivity index (χ2v) is 6.99. The van der Waals surface area contributed by atoms with Crippen LogP contribution in [0.3, 0.4) is 0 Å². The quantitative estimate of drug-likeness (QED) is 0.845. The number of rotatable bonds is 5. The second-order valence-electron chi connectivity index (χ2n) is 6.14. The summed E-state index contributed by atoms with van der Waals surface area (Å²) in [7, 11) is 0. The van der Waals surface area contributed by atoms with Crippen LogP contribution in [0.25, 0.3) is 0 Å². The summed E-state index contributed by atoms with van der Waals surface area (Å²) in [5, 5.41) is 11.7. The number of benzene rings is 1. The molecule has 0 aliphatic rings. The van der Waals surface area contributed by atoms with Crippen molar-refractivity contribution >= 4 is 27.8 Å². The van der Waals surface area contributed by atoms with Gasteiger partial charge in [-0.1, -0.05) is 20.8 Å². The molecule has 1 rings (SSSR count). The van der Waals surface area contributed by atoms with Crippen LogP contribution in [0.15, 0.2) is 22.7 Å². The van der Waals surface area contributed by atoms with E-state index >= 15 is 0 Å². The highest BCUT2D eigenvalue weighted by Gasteiger charge is 2.25. The first kappa shape index (κ1) is 17.6. The number of hydrogen-bond acceptors (Lipinski definition) is 2. The minimum absolute atomic E-state index is 0.0170. The maximum absolute atomic E-state index is 13.4. The van der Waals surface area contributed by atoms with E-state index in [4.69, 9.17) is 0 Å². The minimum Gasteiger partial charge on any atom is -0.481 e. The molecule has 0 aliphatic carbocycles. The van der Waals surface area contributed by atoms with Gasteiger partial charge in [-0.15, -0.1) is 0 Å². The van der Waals surface area contributed by atoms with Gasteiger partial charge in [-0.25, -0.2) is 4.39 Å². The van der Waals surface area contributed by atoms with Gasteiger partial charge in [0.1, 0.15) is 5.82 Å². The van der Waals surface area contributed by atoms with Gasteiger partial charge in [-0.3, -0.25) is 9.59 Å². The highest BCUT2D eigenvalue weighted by Crippen LogP contribution is 2.24. The molecular weight excluding hydrogens is 341 g/mol. The summed E-state index contributed by atoms with van der Waals surface area (Å²) in [6.07, 6.45) is 0.442. The van der Waals surface area contributed by atoms with E-state index in [1.54, 1.807) is 0 Å². The fourth-order valence-corrected chi connectivity index (χ4v) is 2.19. The normalized spacial score (nSPS) is 12.8. The topological polar surface area (TPSA) is 66.4 Å². The molecule has 0 radical (unpaired) electrons. The average Bonchev–Trinajstić information content (AvgIpc) is 2.35. The molecule has 0 saturated heterocycles. The number of aliphatic carboxylic acids is 1. The maximum atomic E-state index is 13.4. The van der Waals surface area contributed by atoms with Gasteiger partial charge in [0.05, 0.1) is 10.4 Å². The Kier molecular flexibility index (Phi) is 5.89. The SMILES string of the molecule is CC(C)(C)CC(CNC(=O)c1ccc(Br)c(F)c1)C(=O)O. The molecule has 116 valence electrons. The molecule has 0 aliphatic heterocycles. The van der Waals surface area contributed by atoms with E-state index in [0.717, 1.165) is 6.07 Å². The molecule has 2 N–H and O–H groups in total. The van der Waals surface area contributed by atoms with Crippen LogP contribution in [0.5, 0.6) is 0 Å². The summed E-state index contributed by atoms with van der Waals surface area (Å²) < 4.78 is 13.6. The van der Waals surface area contributed by atoms with Gasteiger partial charge in [0.2, 0.25) is 0 Å². The minimum atomic E-state index is -0.952. The Labute approximate surface area is 131 Å². The predicted octanol–water partition coefficient (Wildman–Crippen LogP) is 3.46. The lowest BCUT2D eigenvalue weighted by Crippen LogP contribution is -2.35. The Hall–Kier alpha value is -1.43. The van der Waals surface area contributed by atoms with Crippen molar-refractivity contribution in [3.05, 3.63) is 34.1 Å². The molecule has 0 heterocycles. The van der Waals surface area contributed by atoms with Gasteiger partial charge in [0, 0.05) is 12.1 Å². The Balaban J connectivity index is 2.69. The van der Waals surface area contributed by atoms with E-state index in [-0.39, 0.29) is 22.0 Å². The van der Waals surface area contributed by atoms with E-state index in [2.05, 4.69) is 21.2 Å². The van der Waals surface area contributed by atoms with Crippen molar-refractivity contribution in [1.82, 2.24) is 5.32 Å². The lowest BCUT2D eigenvalue weighted by Gasteiger charge is -2.23. The monoisotopic (exact) mass is 359 g/mol. The van der Waals surface area contributed by atoms with Crippen molar-refractivity contribution in [3.8, 4) is 0 Å². The van der Waals surface area contributed by atoms with Gasteiger partial charge in [-0.05, 0) is 46.0 Å². The summed E-state index contributed by atoms with van der Waals surface area (Å²) in [5.74, 6) is -2.64. The van der Waals surface area contributed by atoms with E-state index in [0.29, 0.717) is 6.42 Å². The molecule has 1 aromatic rings. The molecule has 1 unspecified atom stereocenters. The maximum Gasteiger partial charge on any atom is 0.308 e. The number of hydrogen-bond donors (Lipinski definition) is 2. The van der Waals surface area contributed by atoms with E-state index in [1.807, 2.05) is 20.8 Å². The second kappa shape index (κ2) is 7.02. The van der Waals surface area contributed by atoms with Crippen molar-refractivity contribution in [3.63, 3.8) is 0 Å². The van der Waals surface area contributed by atoms with Crippen LogP contribution in [-0.2, 0) is 4.79 Å². The molecule has 0 bridgehead atoms. The number of carboxylic acid groups (broad SMARTS) is 1. The fraction of sp³-hybridized carbons (Fsp3) is 0.467. The van der Waals surface area contributed by atoms with Crippen LogP contribution in [0, 0.1) is 17.2 Å². The highest BCUT2D eigenvalue weighted by atomic mass is 79.9. The van der Waals surface area contributed by atoms with Crippen LogP contribution < -0.4 is 5.32 Å². The summed E-state index contributed by atoms with van der Waals surface area (Å²) in [5.41, 5.74) is 0.00734. The van der Waals surface area contributed by atoms with Crippen LogP contribution in [0.4, 0.5) is 4.39 Å². The van der Waals surface area contributed by atoms with E-state index in [9.17, 15) is 19.1 Å². The zero-order valence-corrected chi connectivity index (χ0v) is 13.8. The van der Waals surface area contributed by atoms with Crippen LogP contribution in [0.1, 0.15) is 37.6 Å². The number of halogens is 2. The van der Waals surface area contributed by atoms with Gasteiger partial charge in [0.25, 0.3) is 5.91 Å². The molecule has 1 aromatic carbocycles. The largest absolute Gasteiger partial charge is 0.481 e. The lowest BCUT2D eigenvalue weighted by molar-refractivity contribution is -0.142. The van der Waals surface area contributed by atoms with Crippen molar-refractivity contribution in [2.45, 2.75) is 27.2 Å². The summed E-state index contributed by atoms with van der Waals surface area (Å²) in [6.45, 7) is 5.84. The van der Waals surface area contributed by atoms with Crippen molar-refractivity contribution in [2.75, 3.05) is 6.54 Å². The molecule has 1 amide bonds. The summed E-state index contributed by atoms with van der Waals surface area (Å²) in [6, 6.07) is 4.02. The smallest absolute Gasteiger partial charge is 0.308 e. The molecule has 21 heavy (non-hydrogen) atoms. The van der Waals surface area contributed by atoms with Gasteiger partial charge in [0.15, 0.2) is 0 Å². The van der Waals surface area contributed by atoms with Crippen molar-refractivity contribution in [2.24, 2.45) is 11.3 Å². The third-order valence-corrected chi connectivity index (χ3v) is 3.54. The predicted molar refractivity (Wildman–Crippen MR) is 81.6 cm³/mol. The van der Waals surface area contributed by atoms with Crippen LogP contribution in [0.2, 0.25) is 0 Å². The molecule has 0 aromatic heterocycles. The first-order valence-electron chi connectivity index (χ1n) is 6.56. The van der Waals surface area contributed by atoms with Gasteiger partial charge in [-0.2, -0.15) is 0 Å². The van der Waals surface area contributed by atoms with Crippen LogP contribution >= 0.6 is 15.9 Å². The third-order valence-electron chi connectivity index (χ3n) is 2.90. The lowest BCUT2D eigenvalue weighted by atomic mass is 9.84. The Morgan fingerprint density at radius 2 is 2.00 bits per heavy atom. The van der Waals surface area contributed by atoms with Crippen LogP contribution in [-0.4, -0.2) is 23.5 Å². The Bertz CT molecular complexity index is 540. The summed E-state index contributed by atoms with van der Waals surface area (Å²) >= 11 is 3.01. The van der Waals surface area contributed by atoms with Crippen molar-refractivity contribution < 1.29 is 19.1 Å². The van der Waals surface area contributed by atoms with E-state index in [1.165, 1.54) is 12.1 Å². The van der Waals surface area contributed by atoms with E-state index < -0.39 is 23.6 Å². The Morgan fingerprint density at radius 1 is 1.38 bits per heavy atom. The summed E-state index contributed by atoms with van der Waals surface area (Å²) in [4.78, 5) is 23.1. The zero-order chi connectivity index (χ0) is 16.2. The number of carbonyl (C=O) groups excluding carboxylic acids is 1. The number of nitrogens with one attached hydrogen (secondary N) is 1. The number of carboxylic acids is 1. The molecular formula is C15H19BrFNO3. The molecule has 4 nitrogen and oxygen atoms in total. The molecule has 6 heteroatoms. The van der Waals surface area contributed by atoms with Gasteiger partial charge >= 0.3 is 5.97 Å². The average molecular weight is 360 g/mol. The Morgan fingerprint density at radius 3 is 2.48 bits per heavy atom. The third kappa shape index (κ3) is 5.83. The highest BCUT2D eigenvalue weighted by molar-refractivity contribution is 9.10. The van der Waals surface area contributed by atoms with Gasteiger partial charge < -0.3 is 10.4 Å². The molecule has 1 atom stereocenters.